The molecule has 1 atom stereocenters. The van der Waals surface area contributed by atoms with Crippen molar-refractivity contribution in [3.8, 4) is 11.3 Å². The minimum absolute atomic E-state index is 0.00560. The molecule has 1 N–H and O–H groups in total. The lowest BCUT2D eigenvalue weighted by Crippen LogP contribution is -2.36. The molecule has 1 fully saturated rings. The van der Waals surface area contributed by atoms with Crippen molar-refractivity contribution in [2.75, 3.05) is 11.5 Å². The Hall–Kier alpha value is -1.93. The van der Waals surface area contributed by atoms with Gasteiger partial charge in [0.25, 0.3) is 5.91 Å². The summed E-state index contributed by atoms with van der Waals surface area (Å²) < 4.78 is 42.2. The van der Waals surface area contributed by atoms with Crippen LogP contribution in [0.3, 0.4) is 0 Å². The number of nitrogens with one attached hydrogen (secondary N) is 1. The summed E-state index contributed by atoms with van der Waals surface area (Å²) in [6.45, 7) is 1.52. The summed E-state index contributed by atoms with van der Waals surface area (Å²) in [4.78, 5) is 12.5. The average molecular weight is 373 g/mol. The van der Waals surface area contributed by atoms with Gasteiger partial charge >= 0.3 is 0 Å². The topological polar surface area (TPSA) is 89.3 Å². The minimum Gasteiger partial charge on any atom is -0.360 e. The first-order valence-electron chi connectivity index (χ1n) is 7.20. The van der Waals surface area contributed by atoms with E-state index in [2.05, 4.69) is 10.5 Å². The Balaban J connectivity index is 1.95. The van der Waals surface area contributed by atoms with Gasteiger partial charge in [-0.3, -0.25) is 4.79 Å². The predicted octanol–water partition coefficient (Wildman–Crippen LogP) is 2.36. The van der Waals surface area contributed by atoms with Crippen LogP contribution in [0.4, 0.5) is 4.39 Å². The molecule has 1 amide bonds. The van der Waals surface area contributed by atoms with Crippen LogP contribution in [0.15, 0.2) is 22.7 Å². The molecule has 2 heterocycles. The molecule has 1 aromatic heterocycles. The Morgan fingerprint density at radius 1 is 1.46 bits per heavy atom. The molecule has 1 aliphatic rings. The van der Waals surface area contributed by atoms with Gasteiger partial charge in [0, 0.05) is 6.04 Å². The fraction of sp³-hybridized carbons (Fsp3) is 0.333. The van der Waals surface area contributed by atoms with E-state index in [1.165, 1.54) is 25.1 Å². The molecule has 1 aliphatic heterocycles. The number of halogens is 2. The van der Waals surface area contributed by atoms with E-state index < -0.39 is 27.6 Å². The number of hydrogen-bond donors (Lipinski definition) is 1. The lowest BCUT2D eigenvalue weighted by molar-refractivity contribution is 0.0940. The molecule has 0 bridgehead atoms. The molecule has 0 radical (unpaired) electrons. The Kier molecular flexibility index (Phi) is 4.35. The summed E-state index contributed by atoms with van der Waals surface area (Å²) in [5, 5.41) is 6.49. The van der Waals surface area contributed by atoms with E-state index in [4.69, 9.17) is 16.1 Å². The highest BCUT2D eigenvalue weighted by Crippen LogP contribution is 2.33. The summed E-state index contributed by atoms with van der Waals surface area (Å²) in [5.41, 5.74) is 0.0143. The summed E-state index contributed by atoms with van der Waals surface area (Å²) in [5.74, 6) is -1.08. The summed E-state index contributed by atoms with van der Waals surface area (Å²) >= 11 is 6.02. The standard InChI is InChI=1S/C15H14ClFN2O4S/c1-8-12(15(20)18-9-5-6-24(21,22)7-9)14(19-23-8)13-10(16)3-2-4-11(13)17/h2-4,9H,5-7H2,1H3,(H,18,20)/t9-/m0/s1. The van der Waals surface area contributed by atoms with E-state index in [-0.39, 0.29) is 39.1 Å². The monoisotopic (exact) mass is 372 g/mol. The molecule has 24 heavy (non-hydrogen) atoms. The molecule has 0 saturated carbocycles. The number of hydrogen-bond acceptors (Lipinski definition) is 5. The smallest absolute Gasteiger partial charge is 0.257 e. The van der Waals surface area contributed by atoms with Gasteiger partial charge < -0.3 is 9.84 Å². The third kappa shape index (κ3) is 3.16. The molecule has 0 spiro atoms. The van der Waals surface area contributed by atoms with E-state index in [1.807, 2.05) is 0 Å². The van der Waals surface area contributed by atoms with Gasteiger partial charge in [0.15, 0.2) is 9.84 Å². The van der Waals surface area contributed by atoms with Crippen LogP contribution in [0.1, 0.15) is 22.5 Å². The summed E-state index contributed by atoms with van der Waals surface area (Å²) in [6.07, 6.45) is 0.341. The van der Waals surface area contributed by atoms with E-state index in [9.17, 15) is 17.6 Å². The van der Waals surface area contributed by atoms with E-state index in [0.29, 0.717) is 6.42 Å². The van der Waals surface area contributed by atoms with Gasteiger partial charge in [-0.2, -0.15) is 0 Å². The van der Waals surface area contributed by atoms with Crippen molar-refractivity contribution in [3.63, 3.8) is 0 Å². The maximum Gasteiger partial charge on any atom is 0.257 e. The quantitative estimate of drug-likeness (QED) is 0.893. The Morgan fingerprint density at radius 2 is 2.21 bits per heavy atom. The van der Waals surface area contributed by atoms with Crippen molar-refractivity contribution in [2.24, 2.45) is 0 Å². The molecule has 0 aliphatic carbocycles. The second kappa shape index (κ2) is 6.18. The van der Waals surface area contributed by atoms with E-state index in [1.54, 1.807) is 0 Å². The highest BCUT2D eigenvalue weighted by Gasteiger charge is 2.32. The fourth-order valence-corrected chi connectivity index (χ4v) is 4.63. The van der Waals surface area contributed by atoms with Gasteiger partial charge in [-0.05, 0) is 25.5 Å². The Labute approximate surface area is 142 Å². The summed E-state index contributed by atoms with van der Waals surface area (Å²) in [7, 11) is -3.13. The van der Waals surface area contributed by atoms with Crippen molar-refractivity contribution >= 4 is 27.3 Å². The molecule has 9 heteroatoms. The third-order valence-electron chi connectivity index (χ3n) is 3.86. The van der Waals surface area contributed by atoms with Gasteiger partial charge in [-0.1, -0.05) is 22.8 Å². The zero-order chi connectivity index (χ0) is 17.5. The highest BCUT2D eigenvalue weighted by molar-refractivity contribution is 7.91. The van der Waals surface area contributed by atoms with Crippen LogP contribution in [0, 0.1) is 12.7 Å². The number of amides is 1. The molecular weight excluding hydrogens is 359 g/mol. The molecule has 3 rings (SSSR count). The van der Waals surface area contributed by atoms with Gasteiger partial charge in [-0.15, -0.1) is 0 Å². The van der Waals surface area contributed by atoms with E-state index >= 15 is 0 Å². The zero-order valence-electron chi connectivity index (χ0n) is 12.7. The predicted molar refractivity (Wildman–Crippen MR) is 86.2 cm³/mol. The van der Waals surface area contributed by atoms with Gasteiger partial charge in [0.2, 0.25) is 0 Å². The lowest BCUT2D eigenvalue weighted by atomic mass is 10.0. The van der Waals surface area contributed by atoms with Crippen molar-refractivity contribution < 1.29 is 22.1 Å². The molecular formula is C15H14ClFN2O4S. The Bertz CT molecular complexity index is 890. The number of rotatable bonds is 3. The van der Waals surface area contributed by atoms with Crippen LogP contribution in [0.2, 0.25) is 5.02 Å². The maximum absolute atomic E-state index is 14.1. The average Bonchev–Trinajstić information content (AvgIpc) is 3.01. The number of aryl methyl sites for hydroxylation is 1. The largest absolute Gasteiger partial charge is 0.360 e. The molecule has 0 unspecified atom stereocenters. The lowest BCUT2D eigenvalue weighted by Gasteiger charge is -2.11. The van der Waals surface area contributed by atoms with Crippen molar-refractivity contribution in [3.05, 3.63) is 40.4 Å². The number of sulfone groups is 1. The second-order valence-electron chi connectivity index (χ2n) is 5.63. The number of aromatic nitrogens is 1. The first kappa shape index (κ1) is 16.9. The van der Waals surface area contributed by atoms with Gasteiger partial charge in [0.05, 0.1) is 22.1 Å². The Morgan fingerprint density at radius 3 is 2.83 bits per heavy atom. The number of nitrogens with zero attached hydrogens (tertiary/aromatic N) is 1. The molecule has 6 nitrogen and oxygen atoms in total. The van der Waals surface area contributed by atoms with Crippen LogP contribution < -0.4 is 5.32 Å². The first-order valence-corrected chi connectivity index (χ1v) is 9.40. The number of carbonyl (C=O) groups excluding carboxylic acids is 1. The van der Waals surface area contributed by atoms with Crippen LogP contribution in [0.25, 0.3) is 11.3 Å². The van der Waals surface area contributed by atoms with E-state index in [0.717, 1.165) is 0 Å². The number of benzene rings is 1. The molecule has 128 valence electrons. The first-order chi connectivity index (χ1) is 11.3. The van der Waals surface area contributed by atoms with Crippen molar-refractivity contribution in [1.82, 2.24) is 10.5 Å². The second-order valence-corrected chi connectivity index (χ2v) is 8.27. The van der Waals surface area contributed by atoms with Crippen molar-refractivity contribution in [1.29, 1.82) is 0 Å². The maximum atomic E-state index is 14.1. The van der Waals surface area contributed by atoms with Crippen LogP contribution in [-0.2, 0) is 9.84 Å². The fourth-order valence-electron chi connectivity index (χ4n) is 2.70. The molecule has 1 aromatic carbocycles. The van der Waals surface area contributed by atoms with Gasteiger partial charge in [0.1, 0.15) is 22.8 Å². The molecule has 2 aromatic rings. The van der Waals surface area contributed by atoms with Crippen LogP contribution in [0.5, 0.6) is 0 Å². The SMILES string of the molecule is Cc1onc(-c2c(F)cccc2Cl)c1C(=O)N[C@H]1CCS(=O)(=O)C1. The van der Waals surface area contributed by atoms with Crippen LogP contribution in [-0.4, -0.2) is 37.0 Å². The zero-order valence-corrected chi connectivity index (χ0v) is 14.2. The normalized spacial score (nSPS) is 19.4. The highest BCUT2D eigenvalue weighted by atomic mass is 35.5. The number of carbonyl (C=O) groups is 1. The molecule has 1 saturated heterocycles. The van der Waals surface area contributed by atoms with Gasteiger partial charge in [-0.25, -0.2) is 12.8 Å². The minimum atomic E-state index is -3.13. The van der Waals surface area contributed by atoms with Crippen molar-refractivity contribution in [2.45, 2.75) is 19.4 Å². The summed E-state index contributed by atoms with van der Waals surface area (Å²) in [6, 6.07) is 3.64. The van der Waals surface area contributed by atoms with Crippen LogP contribution >= 0.6 is 11.6 Å². The third-order valence-corrected chi connectivity index (χ3v) is 5.94.